The standard InChI is InChI=1S/C24H19NO5/c1-28-16-3-2-4-17(12-16)30-18-6-5-14-11-22-20(10-15(14)9-18)21(13-29-22)19-7-8-23(26)25-24(19)27/h2-6,9-13,19H,7-8H2,1H3,(H,25,26,27)/t19-/m1/s1. The van der Waals surface area contributed by atoms with Gasteiger partial charge < -0.3 is 13.9 Å². The Kier molecular flexibility index (Phi) is 4.39. The van der Waals surface area contributed by atoms with Crippen molar-refractivity contribution in [3.63, 3.8) is 0 Å². The number of ether oxygens (including phenoxy) is 2. The monoisotopic (exact) mass is 401 g/mol. The lowest BCUT2D eigenvalue weighted by molar-refractivity contribution is -0.134. The highest BCUT2D eigenvalue weighted by Crippen LogP contribution is 2.36. The summed E-state index contributed by atoms with van der Waals surface area (Å²) < 4.78 is 17.0. The van der Waals surface area contributed by atoms with Crippen molar-refractivity contribution in [2.24, 2.45) is 0 Å². The number of benzene rings is 3. The molecule has 3 aromatic carbocycles. The molecular formula is C24H19NO5. The van der Waals surface area contributed by atoms with Crippen LogP contribution in [0, 0.1) is 0 Å². The summed E-state index contributed by atoms with van der Waals surface area (Å²) in [5, 5.41) is 5.26. The maximum atomic E-state index is 12.3. The van der Waals surface area contributed by atoms with Crippen molar-refractivity contribution in [2.75, 3.05) is 7.11 Å². The van der Waals surface area contributed by atoms with Crippen molar-refractivity contribution < 1.29 is 23.5 Å². The van der Waals surface area contributed by atoms with Gasteiger partial charge in [0, 0.05) is 23.4 Å². The second-order valence-electron chi connectivity index (χ2n) is 7.33. The first-order valence-electron chi connectivity index (χ1n) is 9.71. The van der Waals surface area contributed by atoms with Crippen molar-refractivity contribution in [3.05, 3.63) is 66.4 Å². The second-order valence-corrected chi connectivity index (χ2v) is 7.33. The van der Waals surface area contributed by atoms with Crippen LogP contribution in [0.3, 0.4) is 0 Å². The minimum absolute atomic E-state index is 0.228. The highest BCUT2D eigenvalue weighted by atomic mass is 16.5. The van der Waals surface area contributed by atoms with E-state index in [2.05, 4.69) is 5.32 Å². The number of rotatable bonds is 4. The van der Waals surface area contributed by atoms with E-state index in [0.29, 0.717) is 29.9 Å². The van der Waals surface area contributed by atoms with Crippen molar-refractivity contribution in [1.29, 1.82) is 0 Å². The number of hydrogen-bond donors (Lipinski definition) is 1. The number of nitrogens with one attached hydrogen (secondary N) is 1. The van der Waals surface area contributed by atoms with Gasteiger partial charge in [0.1, 0.15) is 22.8 Å². The molecule has 0 spiro atoms. The number of carbonyl (C=O) groups is 2. The Morgan fingerprint density at radius 2 is 1.80 bits per heavy atom. The fourth-order valence-corrected chi connectivity index (χ4v) is 3.89. The molecule has 5 rings (SSSR count). The highest BCUT2D eigenvalue weighted by Gasteiger charge is 2.30. The number of furan rings is 1. The summed E-state index contributed by atoms with van der Waals surface area (Å²) in [5.41, 5.74) is 1.51. The molecule has 0 bridgehead atoms. The van der Waals surface area contributed by atoms with Gasteiger partial charge in [0.15, 0.2) is 0 Å². The van der Waals surface area contributed by atoms with Crippen LogP contribution in [0.5, 0.6) is 17.2 Å². The normalized spacial score (nSPS) is 16.6. The molecule has 6 heteroatoms. The number of imide groups is 1. The quantitative estimate of drug-likeness (QED) is 0.492. The minimum atomic E-state index is -0.391. The summed E-state index contributed by atoms with van der Waals surface area (Å²) >= 11 is 0. The SMILES string of the molecule is COc1cccc(Oc2ccc3cc4occ([C@H]5CCC(=O)NC5=O)c4cc3c2)c1. The van der Waals surface area contributed by atoms with E-state index in [1.807, 2.05) is 54.6 Å². The zero-order valence-corrected chi connectivity index (χ0v) is 16.3. The summed E-state index contributed by atoms with van der Waals surface area (Å²) in [6, 6.07) is 17.2. The van der Waals surface area contributed by atoms with E-state index >= 15 is 0 Å². The first-order valence-corrected chi connectivity index (χ1v) is 9.71. The third kappa shape index (κ3) is 3.26. The molecule has 1 atom stereocenters. The number of piperidine rings is 1. The molecule has 1 saturated heterocycles. The van der Waals surface area contributed by atoms with Crippen LogP contribution in [0.1, 0.15) is 24.3 Å². The van der Waals surface area contributed by atoms with Gasteiger partial charge in [0.2, 0.25) is 11.8 Å². The lowest BCUT2D eigenvalue weighted by atomic mass is 9.90. The Morgan fingerprint density at radius 1 is 0.967 bits per heavy atom. The van der Waals surface area contributed by atoms with Gasteiger partial charge in [-0.15, -0.1) is 0 Å². The Bertz CT molecular complexity index is 1290. The van der Waals surface area contributed by atoms with E-state index in [-0.39, 0.29) is 11.8 Å². The third-order valence-electron chi connectivity index (χ3n) is 5.43. The van der Waals surface area contributed by atoms with Gasteiger partial charge >= 0.3 is 0 Å². The Hall–Kier alpha value is -3.80. The van der Waals surface area contributed by atoms with Crippen LogP contribution < -0.4 is 14.8 Å². The van der Waals surface area contributed by atoms with Crippen LogP contribution in [-0.4, -0.2) is 18.9 Å². The van der Waals surface area contributed by atoms with Crippen molar-refractivity contribution in [3.8, 4) is 17.2 Å². The fourth-order valence-electron chi connectivity index (χ4n) is 3.89. The van der Waals surface area contributed by atoms with Crippen LogP contribution in [0.4, 0.5) is 0 Å². The first-order chi connectivity index (χ1) is 14.6. The van der Waals surface area contributed by atoms with Gasteiger partial charge in [-0.25, -0.2) is 0 Å². The predicted molar refractivity (Wildman–Crippen MR) is 112 cm³/mol. The average Bonchev–Trinajstić information content (AvgIpc) is 3.15. The largest absolute Gasteiger partial charge is 0.497 e. The predicted octanol–water partition coefficient (Wildman–Crippen LogP) is 4.91. The van der Waals surface area contributed by atoms with E-state index in [1.165, 1.54) is 0 Å². The molecule has 150 valence electrons. The summed E-state index contributed by atoms with van der Waals surface area (Å²) in [4.78, 5) is 23.8. The van der Waals surface area contributed by atoms with Gasteiger partial charge in [-0.2, -0.15) is 0 Å². The van der Waals surface area contributed by atoms with Gasteiger partial charge in [-0.1, -0.05) is 12.1 Å². The molecule has 6 nitrogen and oxygen atoms in total. The summed E-state index contributed by atoms with van der Waals surface area (Å²) in [5.74, 6) is 1.21. The molecule has 1 aromatic heterocycles. The van der Waals surface area contributed by atoms with E-state index in [4.69, 9.17) is 13.9 Å². The number of fused-ring (bicyclic) bond motifs is 2. The lowest BCUT2D eigenvalue weighted by Gasteiger charge is -2.19. The number of methoxy groups -OCH3 is 1. The number of carbonyl (C=O) groups excluding carboxylic acids is 2. The van der Waals surface area contributed by atoms with E-state index in [0.717, 1.165) is 27.5 Å². The molecule has 0 radical (unpaired) electrons. The van der Waals surface area contributed by atoms with E-state index < -0.39 is 5.92 Å². The molecule has 0 aliphatic carbocycles. The summed E-state index contributed by atoms with van der Waals surface area (Å²) in [6.45, 7) is 0. The first kappa shape index (κ1) is 18.2. The molecule has 4 aromatic rings. The van der Waals surface area contributed by atoms with Crippen molar-refractivity contribution in [1.82, 2.24) is 5.32 Å². The van der Waals surface area contributed by atoms with Crippen LogP contribution in [0.15, 0.2) is 65.3 Å². The lowest BCUT2D eigenvalue weighted by Crippen LogP contribution is -2.39. The summed E-state index contributed by atoms with van der Waals surface area (Å²) in [7, 11) is 1.62. The molecule has 0 saturated carbocycles. The van der Waals surface area contributed by atoms with Gasteiger partial charge in [-0.05, 0) is 53.6 Å². The van der Waals surface area contributed by atoms with Gasteiger partial charge in [0.25, 0.3) is 0 Å². The van der Waals surface area contributed by atoms with E-state index in [9.17, 15) is 9.59 Å². The molecule has 1 aliphatic rings. The topological polar surface area (TPSA) is 77.8 Å². The molecule has 2 amide bonds. The third-order valence-corrected chi connectivity index (χ3v) is 5.43. The van der Waals surface area contributed by atoms with Crippen LogP contribution in [0.25, 0.3) is 21.7 Å². The maximum Gasteiger partial charge on any atom is 0.234 e. The van der Waals surface area contributed by atoms with Crippen LogP contribution in [-0.2, 0) is 9.59 Å². The second kappa shape index (κ2) is 7.22. The molecular weight excluding hydrogens is 382 g/mol. The van der Waals surface area contributed by atoms with Crippen molar-refractivity contribution >= 4 is 33.6 Å². The highest BCUT2D eigenvalue weighted by molar-refractivity contribution is 6.04. The maximum absolute atomic E-state index is 12.3. The zero-order chi connectivity index (χ0) is 20.7. The molecule has 1 N–H and O–H groups in total. The molecule has 1 aliphatic heterocycles. The Labute approximate surface area is 172 Å². The summed E-state index contributed by atoms with van der Waals surface area (Å²) in [6.07, 6.45) is 2.43. The Balaban J connectivity index is 1.52. The molecule has 2 heterocycles. The van der Waals surface area contributed by atoms with Gasteiger partial charge in [0.05, 0.1) is 19.3 Å². The van der Waals surface area contributed by atoms with Gasteiger partial charge in [-0.3, -0.25) is 14.9 Å². The molecule has 30 heavy (non-hydrogen) atoms. The number of amides is 2. The van der Waals surface area contributed by atoms with Crippen LogP contribution in [0.2, 0.25) is 0 Å². The average molecular weight is 401 g/mol. The van der Waals surface area contributed by atoms with E-state index in [1.54, 1.807) is 13.4 Å². The van der Waals surface area contributed by atoms with Crippen LogP contribution >= 0.6 is 0 Å². The molecule has 1 fully saturated rings. The molecule has 0 unspecified atom stereocenters. The zero-order valence-electron chi connectivity index (χ0n) is 16.3. The number of hydrogen-bond acceptors (Lipinski definition) is 5. The minimum Gasteiger partial charge on any atom is -0.497 e. The fraction of sp³-hybridized carbons (Fsp3) is 0.167. The Morgan fingerprint density at radius 3 is 2.63 bits per heavy atom. The smallest absolute Gasteiger partial charge is 0.234 e. The van der Waals surface area contributed by atoms with Crippen molar-refractivity contribution in [2.45, 2.75) is 18.8 Å².